The number of hydrogen-bond donors (Lipinski definition) is 0. The maximum Gasteiger partial charge on any atom is 0.0452 e. The Labute approximate surface area is 147 Å². The minimum atomic E-state index is 0.365. The third-order valence-corrected chi connectivity index (χ3v) is 4.71. The highest BCUT2D eigenvalue weighted by molar-refractivity contribution is 6.35. The van der Waals surface area contributed by atoms with Crippen molar-refractivity contribution in [2.45, 2.75) is 18.8 Å². The van der Waals surface area contributed by atoms with Crippen molar-refractivity contribution in [1.82, 2.24) is 0 Å². The van der Waals surface area contributed by atoms with Crippen molar-refractivity contribution >= 4 is 23.2 Å². The monoisotopic (exact) mass is 340 g/mol. The molecule has 0 spiro atoms. The highest BCUT2D eigenvalue weighted by Gasteiger charge is 2.14. The molecule has 3 aromatic rings. The molecule has 0 saturated heterocycles. The van der Waals surface area contributed by atoms with Crippen molar-refractivity contribution in [3.05, 3.63) is 106 Å². The molecule has 0 atom stereocenters. The van der Waals surface area contributed by atoms with Gasteiger partial charge in [-0.15, -0.1) is 0 Å². The standard InChI is InChI=1S/C21H18Cl2/c22-19-13-11-18(21(23)15-19)12-14-20(16-7-3-1-4-8-16)17-9-5-2-6-10-17/h1-11,13,15,20H,12,14H2. The number of hydrogen-bond acceptors (Lipinski definition) is 0. The van der Waals surface area contributed by atoms with E-state index in [-0.39, 0.29) is 0 Å². The molecule has 0 nitrogen and oxygen atoms in total. The van der Waals surface area contributed by atoms with Crippen LogP contribution in [-0.2, 0) is 6.42 Å². The maximum absolute atomic E-state index is 6.32. The minimum Gasteiger partial charge on any atom is -0.0843 e. The number of halogens is 2. The van der Waals surface area contributed by atoms with Crippen LogP contribution in [0.4, 0.5) is 0 Å². The van der Waals surface area contributed by atoms with Gasteiger partial charge in [0.15, 0.2) is 0 Å². The van der Waals surface area contributed by atoms with Gasteiger partial charge in [0, 0.05) is 16.0 Å². The third kappa shape index (κ3) is 4.16. The van der Waals surface area contributed by atoms with E-state index in [1.54, 1.807) is 0 Å². The van der Waals surface area contributed by atoms with Crippen LogP contribution in [0.15, 0.2) is 78.9 Å². The molecule has 0 unspecified atom stereocenters. The summed E-state index contributed by atoms with van der Waals surface area (Å²) in [5.41, 5.74) is 3.82. The number of benzene rings is 3. The summed E-state index contributed by atoms with van der Waals surface area (Å²) in [4.78, 5) is 0. The molecule has 3 rings (SSSR count). The van der Waals surface area contributed by atoms with Gasteiger partial charge in [-0.2, -0.15) is 0 Å². The fourth-order valence-corrected chi connectivity index (χ4v) is 3.42. The van der Waals surface area contributed by atoms with Crippen molar-refractivity contribution in [3.63, 3.8) is 0 Å². The van der Waals surface area contributed by atoms with Crippen LogP contribution in [0.3, 0.4) is 0 Å². The fraction of sp³-hybridized carbons (Fsp3) is 0.143. The van der Waals surface area contributed by atoms with E-state index >= 15 is 0 Å². The summed E-state index contributed by atoms with van der Waals surface area (Å²) < 4.78 is 0. The molecule has 3 aromatic carbocycles. The molecule has 0 aliphatic carbocycles. The van der Waals surface area contributed by atoms with E-state index in [1.807, 2.05) is 18.2 Å². The Morgan fingerprint density at radius 1 is 0.696 bits per heavy atom. The summed E-state index contributed by atoms with van der Waals surface area (Å²) in [6.45, 7) is 0. The molecular weight excluding hydrogens is 323 g/mol. The normalized spacial score (nSPS) is 10.9. The first-order valence-electron chi connectivity index (χ1n) is 7.78. The van der Waals surface area contributed by atoms with Gasteiger partial charge < -0.3 is 0 Å². The van der Waals surface area contributed by atoms with Crippen molar-refractivity contribution in [2.75, 3.05) is 0 Å². The molecule has 0 saturated carbocycles. The molecule has 0 heterocycles. The van der Waals surface area contributed by atoms with Gasteiger partial charge in [0.05, 0.1) is 0 Å². The Morgan fingerprint density at radius 2 is 1.26 bits per heavy atom. The molecular formula is C21H18Cl2. The third-order valence-electron chi connectivity index (χ3n) is 4.12. The average molecular weight is 341 g/mol. The summed E-state index contributed by atoms with van der Waals surface area (Å²) >= 11 is 12.3. The number of rotatable bonds is 5. The lowest BCUT2D eigenvalue weighted by molar-refractivity contribution is 0.715. The van der Waals surface area contributed by atoms with Crippen LogP contribution in [0.2, 0.25) is 10.0 Å². The van der Waals surface area contributed by atoms with Gasteiger partial charge in [-0.3, -0.25) is 0 Å². The van der Waals surface area contributed by atoms with E-state index in [0.717, 1.165) is 23.4 Å². The molecule has 0 N–H and O–H groups in total. The molecule has 23 heavy (non-hydrogen) atoms. The van der Waals surface area contributed by atoms with E-state index in [1.165, 1.54) is 11.1 Å². The number of aryl methyl sites for hydroxylation is 1. The van der Waals surface area contributed by atoms with Crippen LogP contribution in [-0.4, -0.2) is 0 Å². The summed E-state index contributed by atoms with van der Waals surface area (Å²) in [5, 5.41) is 1.43. The lowest BCUT2D eigenvalue weighted by Gasteiger charge is -2.18. The van der Waals surface area contributed by atoms with Crippen LogP contribution in [0.1, 0.15) is 29.0 Å². The second-order valence-electron chi connectivity index (χ2n) is 5.65. The van der Waals surface area contributed by atoms with Gasteiger partial charge in [0.25, 0.3) is 0 Å². The molecule has 0 fully saturated rings. The largest absolute Gasteiger partial charge is 0.0843 e. The zero-order valence-electron chi connectivity index (χ0n) is 12.8. The van der Waals surface area contributed by atoms with E-state index in [9.17, 15) is 0 Å². The molecule has 116 valence electrons. The first kappa shape index (κ1) is 16.1. The highest BCUT2D eigenvalue weighted by atomic mass is 35.5. The second kappa shape index (κ2) is 7.68. The van der Waals surface area contributed by atoms with Crippen LogP contribution >= 0.6 is 23.2 Å². The summed E-state index contributed by atoms with van der Waals surface area (Å²) in [5.74, 6) is 0.365. The topological polar surface area (TPSA) is 0 Å². The van der Waals surface area contributed by atoms with E-state index in [4.69, 9.17) is 23.2 Å². The lowest BCUT2D eigenvalue weighted by Crippen LogP contribution is -2.03. The molecule has 0 aliphatic rings. The minimum absolute atomic E-state index is 0.365. The summed E-state index contributed by atoms with van der Waals surface area (Å²) in [7, 11) is 0. The van der Waals surface area contributed by atoms with Gasteiger partial charge in [-0.25, -0.2) is 0 Å². The first-order chi connectivity index (χ1) is 11.2. The Kier molecular flexibility index (Phi) is 5.38. The van der Waals surface area contributed by atoms with Crippen LogP contribution in [0, 0.1) is 0 Å². The van der Waals surface area contributed by atoms with E-state index in [0.29, 0.717) is 10.9 Å². The Morgan fingerprint density at radius 3 is 1.78 bits per heavy atom. The second-order valence-corrected chi connectivity index (χ2v) is 6.49. The van der Waals surface area contributed by atoms with Crippen LogP contribution in [0.5, 0.6) is 0 Å². The molecule has 0 aliphatic heterocycles. The van der Waals surface area contributed by atoms with Crippen molar-refractivity contribution in [2.24, 2.45) is 0 Å². The fourth-order valence-electron chi connectivity index (χ4n) is 2.92. The maximum atomic E-state index is 6.32. The molecule has 0 radical (unpaired) electrons. The predicted octanol–water partition coefficient (Wildman–Crippen LogP) is 6.76. The van der Waals surface area contributed by atoms with E-state index < -0.39 is 0 Å². The van der Waals surface area contributed by atoms with Crippen LogP contribution in [0.25, 0.3) is 0 Å². The predicted molar refractivity (Wildman–Crippen MR) is 99.5 cm³/mol. The van der Waals surface area contributed by atoms with Gasteiger partial charge in [0.1, 0.15) is 0 Å². The molecule has 0 aromatic heterocycles. The van der Waals surface area contributed by atoms with Gasteiger partial charge in [-0.05, 0) is 41.7 Å². The van der Waals surface area contributed by atoms with Crippen LogP contribution < -0.4 is 0 Å². The zero-order valence-corrected chi connectivity index (χ0v) is 14.3. The van der Waals surface area contributed by atoms with E-state index in [2.05, 4.69) is 60.7 Å². The Bertz CT molecular complexity index is 712. The zero-order chi connectivity index (χ0) is 16.1. The highest BCUT2D eigenvalue weighted by Crippen LogP contribution is 2.31. The Hall–Kier alpha value is -1.76. The Balaban J connectivity index is 1.85. The quantitative estimate of drug-likeness (QED) is 0.481. The first-order valence-corrected chi connectivity index (χ1v) is 8.53. The summed E-state index contributed by atoms with van der Waals surface area (Å²) in [6, 6.07) is 27.0. The molecule has 0 bridgehead atoms. The average Bonchev–Trinajstić information content (AvgIpc) is 2.59. The van der Waals surface area contributed by atoms with Gasteiger partial charge in [0.2, 0.25) is 0 Å². The summed E-state index contributed by atoms with van der Waals surface area (Å²) in [6.07, 6.45) is 1.93. The van der Waals surface area contributed by atoms with Crippen molar-refractivity contribution in [1.29, 1.82) is 0 Å². The van der Waals surface area contributed by atoms with Crippen molar-refractivity contribution < 1.29 is 0 Å². The smallest absolute Gasteiger partial charge is 0.0452 e. The van der Waals surface area contributed by atoms with Gasteiger partial charge >= 0.3 is 0 Å². The van der Waals surface area contributed by atoms with Gasteiger partial charge in [-0.1, -0.05) is 89.9 Å². The van der Waals surface area contributed by atoms with Crippen molar-refractivity contribution in [3.8, 4) is 0 Å². The molecule has 2 heteroatoms. The molecule has 0 amide bonds. The lowest BCUT2D eigenvalue weighted by atomic mass is 9.86. The SMILES string of the molecule is Clc1ccc(CCC(c2ccccc2)c2ccccc2)c(Cl)c1.